The zero-order chi connectivity index (χ0) is 19.2. The van der Waals surface area contributed by atoms with Crippen molar-refractivity contribution < 1.29 is 19.1 Å². The van der Waals surface area contributed by atoms with E-state index in [1.807, 2.05) is 6.92 Å². The largest absolute Gasteiger partial charge is 0.493 e. The molecule has 1 aliphatic rings. The Kier molecular flexibility index (Phi) is 6.01. The summed E-state index contributed by atoms with van der Waals surface area (Å²) < 4.78 is 10.6. The Balaban J connectivity index is 1.71. The van der Waals surface area contributed by atoms with Gasteiger partial charge in [0.05, 0.1) is 43.4 Å². The minimum Gasteiger partial charge on any atom is -0.493 e. The van der Waals surface area contributed by atoms with Crippen molar-refractivity contribution in [2.24, 2.45) is 5.92 Å². The van der Waals surface area contributed by atoms with E-state index in [0.717, 1.165) is 18.5 Å². The number of esters is 1. The molecule has 1 aromatic carbocycles. The summed E-state index contributed by atoms with van der Waals surface area (Å²) in [6.07, 6.45) is 6.80. The number of benzene rings is 1. The summed E-state index contributed by atoms with van der Waals surface area (Å²) in [6, 6.07) is 4.74. The van der Waals surface area contributed by atoms with Crippen molar-refractivity contribution in [1.29, 1.82) is 0 Å². The van der Waals surface area contributed by atoms with Gasteiger partial charge in [0, 0.05) is 11.8 Å². The number of carbonyl (C=O) groups is 2. The number of aryl methyl sites for hydroxylation is 1. The maximum Gasteiger partial charge on any atom is 0.338 e. The van der Waals surface area contributed by atoms with Gasteiger partial charge < -0.3 is 14.8 Å². The first-order valence-electron chi connectivity index (χ1n) is 8.97. The summed E-state index contributed by atoms with van der Waals surface area (Å²) in [5.74, 6) is 0.202. The molecule has 3 rings (SSSR count). The lowest BCUT2D eigenvalue weighted by molar-refractivity contribution is 0.0600. The molecule has 1 N–H and O–H groups in total. The summed E-state index contributed by atoms with van der Waals surface area (Å²) in [6.45, 7) is 2.68. The fraction of sp³-hybridized carbons (Fsp3) is 0.400. The first kappa shape index (κ1) is 18.8. The molecule has 0 saturated heterocycles. The number of hydrogen-bond donors (Lipinski definition) is 1. The zero-order valence-corrected chi connectivity index (χ0v) is 15.5. The van der Waals surface area contributed by atoms with Crippen LogP contribution in [0.4, 0.5) is 0 Å². The van der Waals surface area contributed by atoms with E-state index in [9.17, 15) is 9.59 Å². The molecule has 0 unspecified atom stereocenters. The van der Waals surface area contributed by atoms with E-state index >= 15 is 0 Å². The second-order valence-corrected chi connectivity index (χ2v) is 6.68. The minimum absolute atomic E-state index is 0.243. The van der Waals surface area contributed by atoms with Gasteiger partial charge in [-0.3, -0.25) is 14.8 Å². The van der Waals surface area contributed by atoms with E-state index in [-0.39, 0.29) is 18.0 Å². The van der Waals surface area contributed by atoms with Crippen LogP contribution in [-0.4, -0.2) is 35.6 Å². The molecule has 1 amide bonds. The standard InChI is InChI=1S/C20H23N3O4/c1-13-9-22-17(10-21-13)11-23-19(24)15-6-16(20(25)26-2)8-18(7-15)27-12-14-4-3-5-14/h6-10,14H,3-5,11-12H2,1-2H3,(H,23,24). The van der Waals surface area contributed by atoms with Gasteiger partial charge in [-0.1, -0.05) is 6.42 Å². The van der Waals surface area contributed by atoms with Crippen LogP contribution < -0.4 is 10.1 Å². The van der Waals surface area contributed by atoms with Gasteiger partial charge in [0.15, 0.2) is 0 Å². The van der Waals surface area contributed by atoms with Crippen LogP contribution >= 0.6 is 0 Å². The lowest BCUT2D eigenvalue weighted by Gasteiger charge is -2.25. The Hall–Kier alpha value is -2.96. The number of ether oxygens (including phenoxy) is 2. The predicted octanol–water partition coefficient (Wildman–Crippen LogP) is 2.68. The maximum absolute atomic E-state index is 12.5. The summed E-state index contributed by atoms with van der Waals surface area (Å²) in [7, 11) is 1.31. The molecule has 0 atom stereocenters. The molecule has 0 spiro atoms. The molecular formula is C20H23N3O4. The summed E-state index contributed by atoms with van der Waals surface area (Å²) >= 11 is 0. The molecule has 1 fully saturated rings. The number of nitrogens with one attached hydrogen (secondary N) is 1. The summed E-state index contributed by atoms with van der Waals surface area (Å²) in [5.41, 5.74) is 2.08. The van der Waals surface area contributed by atoms with Crippen LogP contribution in [0.3, 0.4) is 0 Å². The number of amides is 1. The van der Waals surface area contributed by atoms with Crippen LogP contribution in [0.25, 0.3) is 0 Å². The van der Waals surface area contributed by atoms with Crippen LogP contribution in [0, 0.1) is 12.8 Å². The monoisotopic (exact) mass is 369 g/mol. The average molecular weight is 369 g/mol. The third-order valence-electron chi connectivity index (χ3n) is 4.56. The number of methoxy groups -OCH3 is 1. The smallest absolute Gasteiger partial charge is 0.338 e. The third-order valence-corrected chi connectivity index (χ3v) is 4.56. The summed E-state index contributed by atoms with van der Waals surface area (Å²) in [4.78, 5) is 32.8. The Labute approximate surface area is 158 Å². The van der Waals surface area contributed by atoms with Crippen LogP contribution in [-0.2, 0) is 11.3 Å². The number of carbonyl (C=O) groups excluding carboxylic acids is 2. The van der Waals surface area contributed by atoms with Crippen molar-refractivity contribution in [2.45, 2.75) is 32.7 Å². The Morgan fingerprint density at radius 1 is 1.15 bits per heavy atom. The molecule has 1 aromatic heterocycles. The first-order chi connectivity index (χ1) is 13.0. The van der Waals surface area contributed by atoms with E-state index in [2.05, 4.69) is 15.3 Å². The van der Waals surface area contributed by atoms with Crippen molar-refractivity contribution in [3.8, 4) is 5.75 Å². The van der Waals surface area contributed by atoms with Gasteiger partial charge in [-0.25, -0.2) is 4.79 Å². The average Bonchev–Trinajstić information content (AvgIpc) is 2.65. The fourth-order valence-electron chi connectivity index (χ4n) is 2.71. The third kappa shape index (κ3) is 5.03. The molecule has 1 saturated carbocycles. The van der Waals surface area contributed by atoms with Gasteiger partial charge in [-0.2, -0.15) is 0 Å². The van der Waals surface area contributed by atoms with E-state index < -0.39 is 5.97 Å². The first-order valence-corrected chi connectivity index (χ1v) is 8.97. The van der Waals surface area contributed by atoms with Gasteiger partial charge in [0.2, 0.25) is 0 Å². The van der Waals surface area contributed by atoms with Crippen LogP contribution in [0.1, 0.15) is 51.4 Å². The highest BCUT2D eigenvalue weighted by atomic mass is 16.5. The Bertz CT molecular complexity index is 816. The summed E-state index contributed by atoms with van der Waals surface area (Å²) in [5, 5.41) is 2.78. The highest BCUT2D eigenvalue weighted by Crippen LogP contribution is 2.27. The topological polar surface area (TPSA) is 90.4 Å². The van der Waals surface area contributed by atoms with Crippen molar-refractivity contribution in [2.75, 3.05) is 13.7 Å². The molecule has 0 bridgehead atoms. The number of nitrogens with zero attached hydrogens (tertiary/aromatic N) is 2. The molecule has 7 nitrogen and oxygen atoms in total. The maximum atomic E-state index is 12.5. The minimum atomic E-state index is -0.512. The number of hydrogen-bond acceptors (Lipinski definition) is 6. The number of rotatable bonds is 7. The molecule has 0 radical (unpaired) electrons. The van der Waals surface area contributed by atoms with E-state index in [1.54, 1.807) is 24.5 Å². The Morgan fingerprint density at radius 2 is 1.93 bits per heavy atom. The highest BCUT2D eigenvalue weighted by Gasteiger charge is 2.19. The second-order valence-electron chi connectivity index (χ2n) is 6.68. The molecule has 1 heterocycles. The zero-order valence-electron chi connectivity index (χ0n) is 15.5. The highest BCUT2D eigenvalue weighted by molar-refractivity contribution is 5.98. The van der Waals surface area contributed by atoms with Gasteiger partial charge in [-0.05, 0) is 43.9 Å². The van der Waals surface area contributed by atoms with Crippen LogP contribution in [0.2, 0.25) is 0 Å². The van der Waals surface area contributed by atoms with Gasteiger partial charge in [0.25, 0.3) is 5.91 Å². The van der Waals surface area contributed by atoms with Gasteiger partial charge >= 0.3 is 5.97 Å². The van der Waals surface area contributed by atoms with E-state index in [0.29, 0.717) is 29.5 Å². The van der Waals surface area contributed by atoms with Crippen molar-refractivity contribution in [1.82, 2.24) is 15.3 Å². The molecule has 27 heavy (non-hydrogen) atoms. The molecule has 1 aliphatic carbocycles. The fourth-order valence-corrected chi connectivity index (χ4v) is 2.71. The second kappa shape index (κ2) is 8.62. The van der Waals surface area contributed by atoms with Gasteiger partial charge in [-0.15, -0.1) is 0 Å². The van der Waals surface area contributed by atoms with Gasteiger partial charge in [0.1, 0.15) is 5.75 Å². The number of aromatic nitrogens is 2. The normalized spacial score (nSPS) is 13.6. The lowest BCUT2D eigenvalue weighted by Crippen LogP contribution is -2.24. The molecule has 7 heteroatoms. The molecule has 142 valence electrons. The van der Waals surface area contributed by atoms with Crippen molar-refractivity contribution in [3.05, 3.63) is 53.1 Å². The quantitative estimate of drug-likeness (QED) is 0.755. The molecule has 0 aliphatic heterocycles. The predicted molar refractivity (Wildman–Crippen MR) is 98.6 cm³/mol. The molecule has 2 aromatic rings. The SMILES string of the molecule is COC(=O)c1cc(OCC2CCC2)cc(C(=O)NCc2cnc(C)cn2)c1. The van der Waals surface area contributed by atoms with E-state index in [4.69, 9.17) is 9.47 Å². The lowest BCUT2D eigenvalue weighted by atomic mass is 9.86. The van der Waals surface area contributed by atoms with Crippen molar-refractivity contribution in [3.63, 3.8) is 0 Å². The van der Waals surface area contributed by atoms with Crippen molar-refractivity contribution >= 4 is 11.9 Å². The van der Waals surface area contributed by atoms with Crippen LogP contribution in [0.5, 0.6) is 5.75 Å². The molecular weight excluding hydrogens is 346 g/mol. The Morgan fingerprint density at radius 3 is 2.56 bits per heavy atom. The van der Waals surface area contributed by atoms with E-state index in [1.165, 1.54) is 19.6 Å². The van der Waals surface area contributed by atoms with Crippen LogP contribution in [0.15, 0.2) is 30.6 Å².